The number of halogens is 1. The fourth-order valence-electron chi connectivity index (χ4n) is 2.37. The summed E-state index contributed by atoms with van der Waals surface area (Å²) in [5, 5.41) is 9.29. The number of nitrogens with one attached hydrogen (secondary N) is 3. The van der Waals surface area contributed by atoms with Gasteiger partial charge >= 0.3 is 0 Å². The van der Waals surface area contributed by atoms with E-state index in [1.54, 1.807) is 0 Å². The minimum Gasteiger partial charge on any atom is -0.357 e. The van der Waals surface area contributed by atoms with Gasteiger partial charge in [-0.25, -0.2) is 9.98 Å². The van der Waals surface area contributed by atoms with Gasteiger partial charge in [0.25, 0.3) is 0 Å². The maximum atomic E-state index is 11.9. The fourth-order valence-corrected chi connectivity index (χ4v) is 2.37. The van der Waals surface area contributed by atoms with Crippen LogP contribution in [0.5, 0.6) is 0 Å². The molecule has 2 heterocycles. The zero-order valence-corrected chi connectivity index (χ0v) is 18.2. The van der Waals surface area contributed by atoms with Gasteiger partial charge in [-0.1, -0.05) is 6.07 Å². The summed E-state index contributed by atoms with van der Waals surface area (Å²) in [7, 11) is 0. The molecule has 0 saturated heterocycles. The summed E-state index contributed by atoms with van der Waals surface area (Å²) in [6.07, 6.45) is 4.79. The molecule has 0 aromatic carbocycles. The van der Waals surface area contributed by atoms with Gasteiger partial charge in [0.1, 0.15) is 12.2 Å². The van der Waals surface area contributed by atoms with E-state index in [4.69, 9.17) is 0 Å². The predicted molar refractivity (Wildman–Crippen MR) is 116 cm³/mol. The molecule has 2 aromatic rings. The van der Waals surface area contributed by atoms with E-state index in [2.05, 4.69) is 25.9 Å². The van der Waals surface area contributed by atoms with Gasteiger partial charge in [-0.05, 0) is 39.8 Å². The molecule has 0 atom stereocenters. The second-order valence-corrected chi connectivity index (χ2v) is 6.87. The monoisotopic (exact) mass is 472 g/mol. The zero-order chi connectivity index (χ0) is 18.3. The van der Waals surface area contributed by atoms with Crippen molar-refractivity contribution in [2.75, 3.05) is 19.6 Å². The van der Waals surface area contributed by atoms with Crippen LogP contribution in [-0.4, -0.2) is 46.4 Å². The summed E-state index contributed by atoms with van der Waals surface area (Å²) in [5.74, 6) is 0.542. The van der Waals surface area contributed by atoms with Crippen LogP contribution in [0.4, 0.5) is 0 Å². The number of guanidine groups is 1. The summed E-state index contributed by atoms with van der Waals surface area (Å²) < 4.78 is 2.01. The minimum atomic E-state index is -0.249. The van der Waals surface area contributed by atoms with Gasteiger partial charge in [0, 0.05) is 37.4 Å². The van der Waals surface area contributed by atoms with Crippen molar-refractivity contribution < 1.29 is 4.79 Å². The van der Waals surface area contributed by atoms with E-state index in [-0.39, 0.29) is 42.0 Å². The molecule has 3 N–H and O–H groups in total. The minimum absolute atomic E-state index is 0. The van der Waals surface area contributed by atoms with Crippen LogP contribution >= 0.6 is 24.0 Å². The van der Waals surface area contributed by atoms with Crippen molar-refractivity contribution in [1.29, 1.82) is 0 Å². The zero-order valence-electron chi connectivity index (χ0n) is 15.9. The molecule has 7 nitrogen and oxygen atoms in total. The number of fused-ring (bicyclic) bond motifs is 1. The number of aliphatic imine (C=N–C) groups is 1. The molecule has 1 amide bonds. The average molecular weight is 472 g/mol. The lowest BCUT2D eigenvalue weighted by Gasteiger charge is -2.20. The lowest BCUT2D eigenvalue weighted by atomic mass is 10.1. The van der Waals surface area contributed by atoms with Gasteiger partial charge in [0.05, 0.1) is 5.69 Å². The van der Waals surface area contributed by atoms with Crippen LogP contribution in [0.1, 0.15) is 33.4 Å². The highest BCUT2D eigenvalue weighted by molar-refractivity contribution is 14.0. The SMILES string of the molecule is CCNC(=NCC(=O)NC(C)(C)C)NCCc1cn2ccccc2n1.I. The number of carbonyl (C=O) groups is 1. The molecule has 8 heteroatoms. The second-order valence-electron chi connectivity index (χ2n) is 6.87. The van der Waals surface area contributed by atoms with Crippen LogP contribution in [0.15, 0.2) is 35.6 Å². The standard InChI is InChI=1S/C18H28N6O.HI/c1-5-19-17(21-12-16(25)23-18(2,3)4)20-10-9-14-13-24-11-7-6-8-15(24)22-14;/h6-8,11,13H,5,9-10,12H2,1-4H3,(H,23,25)(H2,19,20,21);1H. The number of pyridine rings is 1. The maximum absolute atomic E-state index is 11.9. The first-order chi connectivity index (χ1) is 11.9. The topological polar surface area (TPSA) is 82.8 Å². The summed E-state index contributed by atoms with van der Waals surface area (Å²) in [4.78, 5) is 20.8. The van der Waals surface area contributed by atoms with Crippen molar-refractivity contribution in [2.45, 2.75) is 39.7 Å². The van der Waals surface area contributed by atoms with Gasteiger partial charge in [-0.2, -0.15) is 0 Å². The van der Waals surface area contributed by atoms with E-state index in [9.17, 15) is 4.79 Å². The Morgan fingerprint density at radius 3 is 2.69 bits per heavy atom. The maximum Gasteiger partial charge on any atom is 0.242 e. The Kier molecular flexibility index (Phi) is 8.83. The van der Waals surface area contributed by atoms with Gasteiger partial charge in [0.2, 0.25) is 5.91 Å². The van der Waals surface area contributed by atoms with E-state index in [1.165, 1.54) is 0 Å². The van der Waals surface area contributed by atoms with Crippen molar-refractivity contribution in [3.8, 4) is 0 Å². The van der Waals surface area contributed by atoms with Crippen LogP contribution in [0.25, 0.3) is 5.65 Å². The summed E-state index contributed by atoms with van der Waals surface area (Å²) in [5.41, 5.74) is 1.71. The van der Waals surface area contributed by atoms with Gasteiger partial charge in [-0.3, -0.25) is 4.79 Å². The number of aromatic nitrogens is 2. The molecule has 2 rings (SSSR count). The number of rotatable bonds is 6. The first-order valence-electron chi connectivity index (χ1n) is 8.63. The smallest absolute Gasteiger partial charge is 0.242 e. The Morgan fingerprint density at radius 2 is 2.04 bits per heavy atom. The highest BCUT2D eigenvalue weighted by Gasteiger charge is 2.13. The van der Waals surface area contributed by atoms with E-state index < -0.39 is 0 Å². The normalized spacial score (nSPS) is 11.8. The number of hydrogen-bond donors (Lipinski definition) is 3. The van der Waals surface area contributed by atoms with E-state index in [0.717, 1.165) is 24.3 Å². The predicted octanol–water partition coefficient (Wildman–Crippen LogP) is 1.96. The van der Waals surface area contributed by atoms with Crippen molar-refractivity contribution in [3.05, 3.63) is 36.3 Å². The largest absolute Gasteiger partial charge is 0.357 e. The molecule has 0 fully saturated rings. The van der Waals surface area contributed by atoms with Crippen LogP contribution in [0.2, 0.25) is 0 Å². The summed E-state index contributed by atoms with van der Waals surface area (Å²) in [6, 6.07) is 5.94. The number of nitrogens with zero attached hydrogens (tertiary/aromatic N) is 3. The first-order valence-corrected chi connectivity index (χ1v) is 8.63. The molecule has 0 unspecified atom stereocenters. The molecule has 26 heavy (non-hydrogen) atoms. The van der Waals surface area contributed by atoms with E-state index >= 15 is 0 Å². The summed E-state index contributed by atoms with van der Waals surface area (Å²) >= 11 is 0. The highest BCUT2D eigenvalue weighted by Crippen LogP contribution is 2.04. The third-order valence-electron chi connectivity index (χ3n) is 3.33. The molecular formula is C18H29IN6O. The Morgan fingerprint density at radius 1 is 1.27 bits per heavy atom. The molecule has 0 aliphatic heterocycles. The molecule has 144 valence electrons. The van der Waals surface area contributed by atoms with Crippen LogP contribution in [0, 0.1) is 0 Å². The molecule has 0 saturated carbocycles. The van der Waals surface area contributed by atoms with E-state index in [1.807, 2.05) is 62.7 Å². The first kappa shape index (κ1) is 22.2. The van der Waals surface area contributed by atoms with Gasteiger partial charge in [0.15, 0.2) is 5.96 Å². The van der Waals surface area contributed by atoms with Crippen molar-refractivity contribution in [1.82, 2.24) is 25.3 Å². The van der Waals surface area contributed by atoms with Crippen LogP contribution in [-0.2, 0) is 11.2 Å². The van der Waals surface area contributed by atoms with Gasteiger partial charge < -0.3 is 20.4 Å². The highest BCUT2D eigenvalue weighted by atomic mass is 127. The third-order valence-corrected chi connectivity index (χ3v) is 3.33. The molecule has 2 aromatic heterocycles. The molecule has 0 aliphatic rings. The van der Waals surface area contributed by atoms with Crippen LogP contribution in [0.3, 0.4) is 0 Å². The number of carbonyl (C=O) groups excluding carboxylic acids is 1. The number of imidazole rings is 1. The quantitative estimate of drug-likeness (QED) is 0.341. The Hall–Kier alpha value is -1.84. The fraction of sp³-hybridized carbons (Fsp3) is 0.500. The Labute approximate surface area is 172 Å². The second kappa shape index (κ2) is 10.3. The Bertz CT molecular complexity index is 702. The van der Waals surface area contributed by atoms with Gasteiger partial charge in [-0.15, -0.1) is 24.0 Å². The Balaban J connectivity index is 0.00000338. The van der Waals surface area contributed by atoms with Crippen molar-refractivity contribution in [2.24, 2.45) is 4.99 Å². The average Bonchev–Trinajstić information content (AvgIpc) is 2.93. The van der Waals surface area contributed by atoms with Crippen LogP contribution < -0.4 is 16.0 Å². The molecule has 0 bridgehead atoms. The molecular weight excluding hydrogens is 443 g/mol. The lowest BCUT2D eigenvalue weighted by Crippen LogP contribution is -2.43. The summed E-state index contributed by atoms with van der Waals surface area (Å²) in [6.45, 7) is 9.37. The lowest BCUT2D eigenvalue weighted by molar-refractivity contribution is -0.121. The third kappa shape index (κ3) is 7.59. The van der Waals surface area contributed by atoms with E-state index in [0.29, 0.717) is 12.5 Å². The molecule has 0 aliphatic carbocycles. The number of hydrogen-bond acceptors (Lipinski definition) is 3. The van der Waals surface area contributed by atoms with Crippen molar-refractivity contribution in [3.63, 3.8) is 0 Å². The molecule has 0 radical (unpaired) electrons. The molecule has 0 spiro atoms. The number of amides is 1. The van der Waals surface area contributed by atoms with Crippen molar-refractivity contribution >= 4 is 41.5 Å².